The molecule has 0 fully saturated rings. The SMILES string of the molecule is C[CH]Cc1cccc(OCC(O)c2ccccc2)c1. The van der Waals surface area contributed by atoms with Gasteiger partial charge in [-0.2, -0.15) is 0 Å². The lowest BCUT2D eigenvalue weighted by Crippen LogP contribution is -2.09. The second-order valence-electron chi connectivity index (χ2n) is 4.50. The van der Waals surface area contributed by atoms with Gasteiger partial charge < -0.3 is 9.84 Å². The van der Waals surface area contributed by atoms with Crippen LogP contribution in [0.5, 0.6) is 5.75 Å². The molecule has 1 unspecified atom stereocenters. The van der Waals surface area contributed by atoms with Gasteiger partial charge >= 0.3 is 0 Å². The second kappa shape index (κ2) is 6.95. The number of aliphatic hydroxyl groups excluding tert-OH is 1. The first-order chi connectivity index (χ1) is 9.29. The Morgan fingerprint density at radius 1 is 1.11 bits per heavy atom. The summed E-state index contributed by atoms with van der Waals surface area (Å²) in [5, 5.41) is 10.0. The summed E-state index contributed by atoms with van der Waals surface area (Å²) in [7, 11) is 0. The highest BCUT2D eigenvalue weighted by Crippen LogP contribution is 2.18. The average molecular weight is 255 g/mol. The molecule has 0 amide bonds. The van der Waals surface area contributed by atoms with E-state index in [1.54, 1.807) is 0 Å². The van der Waals surface area contributed by atoms with Crippen molar-refractivity contribution in [3.8, 4) is 5.75 Å². The first kappa shape index (κ1) is 13.6. The lowest BCUT2D eigenvalue weighted by atomic mass is 10.1. The molecule has 0 spiro atoms. The number of benzene rings is 2. The third kappa shape index (κ3) is 4.11. The number of aliphatic hydroxyl groups is 1. The Morgan fingerprint density at radius 2 is 1.89 bits per heavy atom. The predicted octanol–water partition coefficient (Wildman–Crippen LogP) is 3.57. The van der Waals surface area contributed by atoms with Crippen molar-refractivity contribution in [3.63, 3.8) is 0 Å². The minimum absolute atomic E-state index is 0.267. The zero-order valence-corrected chi connectivity index (χ0v) is 11.1. The summed E-state index contributed by atoms with van der Waals surface area (Å²) in [6.45, 7) is 2.30. The van der Waals surface area contributed by atoms with Gasteiger partial charge in [0, 0.05) is 0 Å². The second-order valence-corrected chi connectivity index (χ2v) is 4.50. The van der Waals surface area contributed by atoms with Crippen molar-refractivity contribution in [1.29, 1.82) is 0 Å². The van der Waals surface area contributed by atoms with Gasteiger partial charge in [-0.1, -0.05) is 49.4 Å². The van der Waals surface area contributed by atoms with Gasteiger partial charge in [0.25, 0.3) is 0 Å². The van der Waals surface area contributed by atoms with Crippen LogP contribution in [-0.4, -0.2) is 11.7 Å². The molecule has 2 nitrogen and oxygen atoms in total. The summed E-state index contributed by atoms with van der Waals surface area (Å²) in [5.41, 5.74) is 2.09. The molecule has 0 aliphatic heterocycles. The van der Waals surface area contributed by atoms with Crippen molar-refractivity contribution in [2.24, 2.45) is 0 Å². The summed E-state index contributed by atoms with van der Waals surface area (Å²) >= 11 is 0. The van der Waals surface area contributed by atoms with E-state index in [1.165, 1.54) is 5.56 Å². The van der Waals surface area contributed by atoms with Crippen LogP contribution in [0.2, 0.25) is 0 Å². The van der Waals surface area contributed by atoms with Crippen molar-refractivity contribution >= 4 is 0 Å². The molecule has 99 valence electrons. The molecule has 2 heteroatoms. The Kier molecular flexibility index (Phi) is 4.99. The molecule has 2 rings (SSSR count). The van der Waals surface area contributed by atoms with Crippen LogP contribution >= 0.6 is 0 Å². The standard InChI is InChI=1S/C17H19O2/c1-2-7-14-8-6-11-16(12-14)19-13-17(18)15-9-4-3-5-10-15/h2-6,8-12,17-18H,7,13H2,1H3. The summed E-state index contributed by atoms with van der Waals surface area (Å²) in [5.74, 6) is 0.800. The van der Waals surface area contributed by atoms with Crippen LogP contribution in [0.3, 0.4) is 0 Å². The molecule has 19 heavy (non-hydrogen) atoms. The summed E-state index contributed by atoms with van der Waals surface area (Å²) in [4.78, 5) is 0. The zero-order chi connectivity index (χ0) is 13.5. The van der Waals surface area contributed by atoms with Crippen LogP contribution in [0, 0.1) is 6.42 Å². The maximum atomic E-state index is 10.0. The molecule has 1 radical (unpaired) electrons. The Morgan fingerprint density at radius 3 is 2.63 bits per heavy atom. The fourth-order valence-electron chi connectivity index (χ4n) is 1.94. The smallest absolute Gasteiger partial charge is 0.119 e. The monoisotopic (exact) mass is 255 g/mol. The lowest BCUT2D eigenvalue weighted by Gasteiger charge is -2.13. The molecular weight excluding hydrogens is 236 g/mol. The van der Waals surface area contributed by atoms with Gasteiger partial charge in [-0.05, 0) is 36.1 Å². The molecular formula is C17H19O2. The minimum Gasteiger partial charge on any atom is -0.491 e. The van der Waals surface area contributed by atoms with Gasteiger partial charge in [0.05, 0.1) is 0 Å². The van der Waals surface area contributed by atoms with Crippen LogP contribution < -0.4 is 4.74 Å². The van der Waals surface area contributed by atoms with E-state index in [0.717, 1.165) is 17.7 Å². The molecule has 2 aromatic carbocycles. The minimum atomic E-state index is -0.595. The van der Waals surface area contributed by atoms with E-state index < -0.39 is 6.10 Å². The van der Waals surface area contributed by atoms with Crippen LogP contribution in [0.15, 0.2) is 54.6 Å². The first-order valence-corrected chi connectivity index (χ1v) is 6.52. The van der Waals surface area contributed by atoms with Crippen LogP contribution in [0.25, 0.3) is 0 Å². The zero-order valence-electron chi connectivity index (χ0n) is 11.1. The highest BCUT2D eigenvalue weighted by molar-refractivity contribution is 5.29. The highest BCUT2D eigenvalue weighted by atomic mass is 16.5. The molecule has 1 atom stereocenters. The van der Waals surface area contributed by atoms with Crippen LogP contribution in [0.4, 0.5) is 0 Å². The van der Waals surface area contributed by atoms with Gasteiger partial charge in [-0.25, -0.2) is 0 Å². The molecule has 0 aromatic heterocycles. The summed E-state index contributed by atoms with van der Waals surface area (Å²) in [6.07, 6.45) is 2.44. The van der Waals surface area contributed by atoms with Crippen molar-refractivity contribution in [3.05, 3.63) is 72.1 Å². The van der Waals surface area contributed by atoms with Gasteiger partial charge in [0.1, 0.15) is 18.5 Å². The molecule has 0 saturated carbocycles. The number of hydrogen-bond acceptors (Lipinski definition) is 2. The Labute approximate surface area is 114 Å². The van der Waals surface area contributed by atoms with Gasteiger partial charge in [0.15, 0.2) is 0 Å². The normalized spacial score (nSPS) is 12.1. The Hall–Kier alpha value is -1.80. The van der Waals surface area contributed by atoms with E-state index in [-0.39, 0.29) is 6.61 Å². The largest absolute Gasteiger partial charge is 0.491 e. The van der Waals surface area contributed by atoms with Crippen molar-refractivity contribution < 1.29 is 9.84 Å². The number of rotatable bonds is 6. The van der Waals surface area contributed by atoms with Crippen LogP contribution in [0.1, 0.15) is 24.2 Å². The Balaban J connectivity index is 1.93. The molecule has 2 aromatic rings. The maximum absolute atomic E-state index is 10.0. The topological polar surface area (TPSA) is 29.5 Å². The molecule has 0 bridgehead atoms. The maximum Gasteiger partial charge on any atom is 0.119 e. The van der Waals surface area contributed by atoms with Crippen molar-refractivity contribution in [1.82, 2.24) is 0 Å². The average Bonchev–Trinajstić information content (AvgIpc) is 2.46. The predicted molar refractivity (Wildman–Crippen MR) is 77.0 cm³/mol. The fourth-order valence-corrected chi connectivity index (χ4v) is 1.94. The van der Waals surface area contributed by atoms with Crippen molar-refractivity contribution in [2.75, 3.05) is 6.61 Å². The van der Waals surface area contributed by atoms with Gasteiger partial charge in [-0.15, -0.1) is 0 Å². The van der Waals surface area contributed by atoms with E-state index >= 15 is 0 Å². The Bertz CT molecular complexity index is 494. The summed E-state index contributed by atoms with van der Waals surface area (Å²) < 4.78 is 5.65. The van der Waals surface area contributed by atoms with Gasteiger partial charge in [0.2, 0.25) is 0 Å². The van der Waals surface area contributed by atoms with E-state index in [1.807, 2.05) is 55.5 Å². The molecule has 0 saturated heterocycles. The molecule has 0 aliphatic carbocycles. The quantitative estimate of drug-likeness (QED) is 0.855. The lowest BCUT2D eigenvalue weighted by molar-refractivity contribution is 0.108. The highest BCUT2D eigenvalue weighted by Gasteiger charge is 2.07. The number of ether oxygens (including phenoxy) is 1. The van der Waals surface area contributed by atoms with E-state index in [4.69, 9.17) is 4.74 Å². The molecule has 1 N–H and O–H groups in total. The fraction of sp³-hybridized carbons (Fsp3) is 0.235. The van der Waals surface area contributed by atoms with Crippen LogP contribution in [-0.2, 0) is 6.42 Å². The first-order valence-electron chi connectivity index (χ1n) is 6.52. The summed E-state index contributed by atoms with van der Waals surface area (Å²) in [6, 6.07) is 17.5. The number of hydrogen-bond donors (Lipinski definition) is 1. The van der Waals surface area contributed by atoms with E-state index in [0.29, 0.717) is 0 Å². The van der Waals surface area contributed by atoms with Gasteiger partial charge in [-0.3, -0.25) is 0 Å². The van der Waals surface area contributed by atoms with E-state index in [9.17, 15) is 5.11 Å². The molecule has 0 heterocycles. The third-order valence-electron chi connectivity index (χ3n) is 2.93. The molecule has 0 aliphatic rings. The third-order valence-corrected chi connectivity index (χ3v) is 2.93. The van der Waals surface area contributed by atoms with E-state index in [2.05, 4.69) is 12.5 Å². The van der Waals surface area contributed by atoms with Crippen molar-refractivity contribution in [2.45, 2.75) is 19.4 Å².